The predicted octanol–water partition coefficient (Wildman–Crippen LogP) is 1.91. The minimum Gasteiger partial charge on any atom is -0.478 e. The summed E-state index contributed by atoms with van der Waals surface area (Å²) in [6, 6.07) is 0. The van der Waals surface area contributed by atoms with E-state index in [2.05, 4.69) is 11.3 Å². The van der Waals surface area contributed by atoms with Crippen LogP contribution in [-0.4, -0.2) is 34.9 Å². The van der Waals surface area contributed by atoms with Gasteiger partial charge in [0.25, 0.3) is 0 Å². The highest BCUT2D eigenvalue weighted by molar-refractivity contribution is 5.85. The van der Waals surface area contributed by atoms with Gasteiger partial charge in [-0.05, 0) is 26.3 Å². The van der Waals surface area contributed by atoms with E-state index in [9.17, 15) is 9.59 Å². The van der Waals surface area contributed by atoms with Crippen LogP contribution in [-0.2, 0) is 14.3 Å². The molecule has 0 bridgehead atoms. The largest absolute Gasteiger partial charge is 0.478 e. The fraction of sp³-hybridized carbons (Fsp3) is 0.538. The van der Waals surface area contributed by atoms with E-state index in [0.717, 1.165) is 12.8 Å². The molecule has 0 aliphatic carbocycles. The molecule has 0 saturated heterocycles. The number of esters is 1. The van der Waals surface area contributed by atoms with Crippen molar-refractivity contribution in [3.8, 4) is 0 Å². The third kappa shape index (κ3) is 14.4. The summed E-state index contributed by atoms with van der Waals surface area (Å²) in [6.45, 7) is 8.77. The van der Waals surface area contributed by atoms with Crippen LogP contribution >= 0.6 is 0 Å². The Morgan fingerprint density at radius 2 is 2.00 bits per heavy atom. The summed E-state index contributed by atoms with van der Waals surface area (Å²) in [7, 11) is 0. The first-order valence-electron chi connectivity index (χ1n) is 5.74. The van der Waals surface area contributed by atoms with Crippen molar-refractivity contribution in [2.45, 2.75) is 39.7 Å². The third-order valence-corrected chi connectivity index (χ3v) is 1.74. The Labute approximate surface area is 108 Å². The zero-order valence-corrected chi connectivity index (χ0v) is 11.2. The van der Waals surface area contributed by atoms with Gasteiger partial charge in [0, 0.05) is 11.6 Å². The molecular weight excluding hydrogens is 236 g/mol. The van der Waals surface area contributed by atoms with Crippen LogP contribution in [0.4, 0.5) is 0 Å². The van der Waals surface area contributed by atoms with E-state index in [1.54, 1.807) is 0 Å². The van der Waals surface area contributed by atoms with Crippen LogP contribution in [0.15, 0.2) is 24.3 Å². The molecule has 0 amide bonds. The van der Waals surface area contributed by atoms with E-state index in [4.69, 9.17) is 10.2 Å². The topological polar surface area (TPSA) is 83.8 Å². The molecule has 0 fully saturated rings. The number of aliphatic hydroxyl groups excluding tert-OH is 1. The lowest BCUT2D eigenvalue weighted by molar-refractivity contribution is -0.138. The first kappa shape index (κ1) is 18.7. The van der Waals surface area contributed by atoms with Crippen LogP contribution < -0.4 is 0 Å². The van der Waals surface area contributed by atoms with E-state index < -0.39 is 12.1 Å². The highest BCUT2D eigenvalue weighted by atomic mass is 16.5. The fourth-order valence-corrected chi connectivity index (χ4v) is 0.809. The Morgan fingerprint density at radius 3 is 2.28 bits per heavy atom. The number of ether oxygens (including phenoxy) is 1. The maximum atomic E-state index is 10.3. The molecule has 0 aliphatic heterocycles. The SMILES string of the molecule is C=CC(=O)OCCCC.CC(=CC(C)O)C(=O)O. The lowest BCUT2D eigenvalue weighted by atomic mass is 10.2. The Hall–Kier alpha value is -1.62. The first-order valence-corrected chi connectivity index (χ1v) is 5.74. The van der Waals surface area contributed by atoms with Gasteiger partial charge in [-0.15, -0.1) is 0 Å². The number of carboxylic acid groups (broad SMARTS) is 1. The van der Waals surface area contributed by atoms with Gasteiger partial charge in [0.15, 0.2) is 0 Å². The van der Waals surface area contributed by atoms with Gasteiger partial charge < -0.3 is 14.9 Å². The monoisotopic (exact) mass is 258 g/mol. The average Bonchev–Trinajstić information content (AvgIpc) is 2.29. The quantitative estimate of drug-likeness (QED) is 0.432. The van der Waals surface area contributed by atoms with Crippen molar-refractivity contribution in [3.05, 3.63) is 24.3 Å². The lowest BCUT2D eigenvalue weighted by Gasteiger charge is -1.97. The van der Waals surface area contributed by atoms with Crippen molar-refractivity contribution in [3.63, 3.8) is 0 Å². The second-order valence-corrected chi connectivity index (χ2v) is 3.62. The zero-order valence-electron chi connectivity index (χ0n) is 11.2. The zero-order chi connectivity index (χ0) is 14.6. The number of hydrogen-bond donors (Lipinski definition) is 2. The summed E-state index contributed by atoms with van der Waals surface area (Å²) < 4.78 is 4.67. The molecule has 5 heteroatoms. The van der Waals surface area contributed by atoms with Crippen molar-refractivity contribution in [2.24, 2.45) is 0 Å². The van der Waals surface area contributed by atoms with Crippen LogP contribution in [0.5, 0.6) is 0 Å². The summed E-state index contributed by atoms with van der Waals surface area (Å²) in [4.78, 5) is 20.4. The third-order valence-electron chi connectivity index (χ3n) is 1.74. The highest BCUT2D eigenvalue weighted by Crippen LogP contribution is 1.94. The maximum Gasteiger partial charge on any atom is 0.331 e. The van der Waals surface area contributed by atoms with E-state index in [1.165, 1.54) is 26.0 Å². The van der Waals surface area contributed by atoms with Crippen molar-refractivity contribution >= 4 is 11.9 Å². The summed E-state index contributed by atoms with van der Waals surface area (Å²) in [6.07, 6.45) is 3.75. The molecule has 0 radical (unpaired) electrons. The van der Waals surface area contributed by atoms with Crippen molar-refractivity contribution < 1.29 is 24.5 Å². The minimum absolute atomic E-state index is 0.171. The molecule has 0 aliphatic rings. The van der Waals surface area contributed by atoms with Crippen molar-refractivity contribution in [1.29, 1.82) is 0 Å². The average molecular weight is 258 g/mol. The van der Waals surface area contributed by atoms with Gasteiger partial charge in [0.05, 0.1) is 12.7 Å². The number of carbonyl (C=O) groups is 2. The van der Waals surface area contributed by atoms with Gasteiger partial charge >= 0.3 is 11.9 Å². The van der Waals surface area contributed by atoms with Crippen LogP contribution in [0.25, 0.3) is 0 Å². The Kier molecular flexibility index (Phi) is 12.3. The van der Waals surface area contributed by atoms with Crippen LogP contribution in [0.1, 0.15) is 33.6 Å². The fourth-order valence-electron chi connectivity index (χ4n) is 0.809. The van der Waals surface area contributed by atoms with E-state index in [0.29, 0.717) is 6.61 Å². The number of hydrogen-bond acceptors (Lipinski definition) is 4. The number of rotatable bonds is 6. The molecule has 0 aromatic rings. The molecule has 2 N–H and O–H groups in total. The van der Waals surface area contributed by atoms with Crippen molar-refractivity contribution in [1.82, 2.24) is 0 Å². The molecule has 18 heavy (non-hydrogen) atoms. The standard InChI is InChI=1S/C7H12O2.C6H10O3/c1-3-5-6-9-7(8)4-2;1-4(6(8)9)3-5(2)7/h4H,2-3,5-6H2,1H3;3,5,7H,1-2H3,(H,8,9). The molecule has 0 rings (SSSR count). The lowest BCUT2D eigenvalue weighted by Crippen LogP contribution is -2.01. The summed E-state index contributed by atoms with van der Waals surface area (Å²) in [5, 5.41) is 16.9. The van der Waals surface area contributed by atoms with Crippen LogP contribution in [0.2, 0.25) is 0 Å². The molecule has 0 aromatic carbocycles. The number of unbranched alkanes of at least 4 members (excludes halogenated alkanes) is 1. The molecule has 0 spiro atoms. The summed E-state index contributed by atoms with van der Waals surface area (Å²) in [5.74, 6) is -1.32. The number of carbonyl (C=O) groups excluding carboxylic acids is 1. The van der Waals surface area contributed by atoms with Crippen LogP contribution in [0, 0.1) is 0 Å². The number of aliphatic hydroxyl groups is 1. The van der Waals surface area contributed by atoms with Gasteiger partial charge in [-0.2, -0.15) is 0 Å². The van der Waals surface area contributed by atoms with Crippen molar-refractivity contribution in [2.75, 3.05) is 6.61 Å². The Bertz CT molecular complexity index is 292. The number of carboxylic acids is 1. The molecule has 0 heterocycles. The highest BCUT2D eigenvalue weighted by Gasteiger charge is 1.99. The Morgan fingerprint density at radius 1 is 1.44 bits per heavy atom. The van der Waals surface area contributed by atoms with Crippen LogP contribution in [0.3, 0.4) is 0 Å². The Balaban J connectivity index is 0. The second kappa shape index (κ2) is 11.9. The number of aliphatic carboxylic acids is 1. The summed E-state index contributed by atoms with van der Waals surface area (Å²) >= 11 is 0. The molecular formula is C13H22O5. The van der Waals surface area contributed by atoms with Gasteiger partial charge in [-0.3, -0.25) is 0 Å². The molecule has 1 unspecified atom stereocenters. The second-order valence-electron chi connectivity index (χ2n) is 3.62. The maximum absolute atomic E-state index is 10.3. The first-order chi connectivity index (χ1) is 8.34. The molecule has 5 nitrogen and oxygen atoms in total. The van der Waals surface area contributed by atoms with Gasteiger partial charge in [0.2, 0.25) is 0 Å². The van der Waals surface area contributed by atoms with Gasteiger partial charge in [-0.1, -0.05) is 19.9 Å². The molecule has 0 aromatic heterocycles. The molecule has 0 saturated carbocycles. The van der Waals surface area contributed by atoms with E-state index >= 15 is 0 Å². The minimum atomic E-state index is -0.990. The predicted molar refractivity (Wildman–Crippen MR) is 69.1 cm³/mol. The normalized spacial score (nSPS) is 11.9. The van der Waals surface area contributed by atoms with Gasteiger partial charge in [-0.25, -0.2) is 9.59 Å². The van der Waals surface area contributed by atoms with E-state index in [-0.39, 0.29) is 11.5 Å². The smallest absolute Gasteiger partial charge is 0.331 e. The van der Waals surface area contributed by atoms with Gasteiger partial charge in [0.1, 0.15) is 0 Å². The molecule has 104 valence electrons. The summed E-state index contributed by atoms with van der Waals surface area (Å²) in [5.41, 5.74) is 0.171. The van der Waals surface area contributed by atoms with E-state index in [1.807, 2.05) is 6.92 Å². The molecule has 1 atom stereocenters.